The monoisotopic (exact) mass is 194 g/mol. The van der Waals surface area contributed by atoms with Gasteiger partial charge in [-0.25, -0.2) is 0 Å². The van der Waals surface area contributed by atoms with Crippen LogP contribution in [0.2, 0.25) is 0 Å². The molecule has 0 aromatic carbocycles. The van der Waals surface area contributed by atoms with Gasteiger partial charge in [-0.2, -0.15) is 0 Å². The highest BCUT2D eigenvalue weighted by Crippen LogP contribution is 2.05. The Bertz CT molecular complexity index is 284. The summed E-state index contributed by atoms with van der Waals surface area (Å²) in [6, 6.07) is 0. The molecular formula is C9H12N3O2. The van der Waals surface area contributed by atoms with Crippen LogP contribution in [0.5, 0.6) is 0 Å². The van der Waals surface area contributed by atoms with Gasteiger partial charge in [0.25, 0.3) is 0 Å². The molecule has 1 rings (SSSR count). The minimum atomic E-state index is -0.408. The summed E-state index contributed by atoms with van der Waals surface area (Å²) in [6.07, 6.45) is 6.88. The van der Waals surface area contributed by atoms with Crippen molar-refractivity contribution in [2.45, 2.75) is 0 Å². The van der Waals surface area contributed by atoms with Crippen LogP contribution in [0, 0.1) is 0 Å². The molecule has 0 fully saturated rings. The van der Waals surface area contributed by atoms with Gasteiger partial charge in [0.15, 0.2) is 0 Å². The first-order valence-electron chi connectivity index (χ1n) is 4.25. The first kappa shape index (κ1) is 10.3. The molecule has 1 radical (unpaired) electrons. The van der Waals surface area contributed by atoms with Crippen molar-refractivity contribution in [3.8, 4) is 0 Å². The number of nitrogens with zero attached hydrogens (tertiary/aromatic N) is 1. The van der Waals surface area contributed by atoms with Gasteiger partial charge in [-0.1, -0.05) is 6.08 Å². The average molecular weight is 194 g/mol. The van der Waals surface area contributed by atoms with E-state index < -0.39 is 5.91 Å². The first-order valence-corrected chi connectivity index (χ1v) is 4.25. The lowest BCUT2D eigenvalue weighted by Gasteiger charge is -2.22. The fourth-order valence-corrected chi connectivity index (χ4v) is 1.17. The van der Waals surface area contributed by atoms with Crippen LogP contribution in [0.4, 0.5) is 0 Å². The van der Waals surface area contributed by atoms with Crippen LogP contribution in [0.25, 0.3) is 0 Å². The van der Waals surface area contributed by atoms with Crippen molar-refractivity contribution in [2.75, 3.05) is 19.6 Å². The van der Waals surface area contributed by atoms with Crippen LogP contribution in [0.15, 0.2) is 23.9 Å². The summed E-state index contributed by atoms with van der Waals surface area (Å²) in [4.78, 5) is 22.6. The van der Waals surface area contributed by atoms with E-state index in [1.54, 1.807) is 18.6 Å². The smallest absolute Gasteiger partial charge is 0.309 e. The number of amides is 2. The van der Waals surface area contributed by atoms with Crippen molar-refractivity contribution in [1.29, 1.82) is 0 Å². The van der Waals surface area contributed by atoms with Crippen molar-refractivity contribution in [1.82, 2.24) is 10.2 Å². The van der Waals surface area contributed by atoms with Crippen molar-refractivity contribution in [3.63, 3.8) is 0 Å². The van der Waals surface area contributed by atoms with Gasteiger partial charge < -0.3 is 16.0 Å². The largest absolute Gasteiger partial charge is 0.371 e. The van der Waals surface area contributed by atoms with Crippen molar-refractivity contribution in [3.05, 3.63) is 23.9 Å². The molecule has 14 heavy (non-hydrogen) atoms. The zero-order valence-corrected chi connectivity index (χ0v) is 7.69. The van der Waals surface area contributed by atoms with Gasteiger partial charge in [0.2, 0.25) is 5.91 Å². The van der Waals surface area contributed by atoms with E-state index in [0.29, 0.717) is 25.2 Å². The van der Waals surface area contributed by atoms with Crippen LogP contribution >= 0.6 is 0 Å². The Morgan fingerprint density at radius 2 is 2.50 bits per heavy atom. The van der Waals surface area contributed by atoms with E-state index in [0.717, 1.165) is 0 Å². The van der Waals surface area contributed by atoms with E-state index in [1.165, 1.54) is 0 Å². The Kier molecular flexibility index (Phi) is 3.72. The van der Waals surface area contributed by atoms with Gasteiger partial charge in [-0.3, -0.25) is 9.59 Å². The summed E-state index contributed by atoms with van der Waals surface area (Å²) in [7, 11) is 0. The minimum Gasteiger partial charge on any atom is -0.371 e. The number of carbonyl (C=O) groups is 1. The molecule has 0 aromatic rings. The third-order valence-corrected chi connectivity index (χ3v) is 1.88. The molecule has 75 valence electrons. The lowest BCUT2D eigenvalue weighted by Crippen LogP contribution is -2.33. The molecule has 0 aliphatic carbocycles. The predicted octanol–water partition coefficient (Wildman–Crippen LogP) is -1.12. The molecule has 5 heteroatoms. The van der Waals surface area contributed by atoms with Crippen LogP contribution in [0.1, 0.15) is 0 Å². The number of primary amides is 1. The standard InChI is InChI=1S/C9H12N3O2/c10-9(14)8-2-1-4-12(6-8)5-3-11-7-13/h1-2,4H,3,5-6H2,(H2,10,14)(H,11,13). The Labute approximate surface area is 82.2 Å². The molecule has 1 aliphatic rings. The molecule has 0 saturated carbocycles. The predicted molar refractivity (Wildman–Crippen MR) is 51.7 cm³/mol. The molecule has 0 saturated heterocycles. The van der Waals surface area contributed by atoms with Crippen LogP contribution in [-0.4, -0.2) is 36.9 Å². The number of nitrogens with two attached hydrogens (primary N) is 1. The van der Waals surface area contributed by atoms with Gasteiger partial charge in [0.05, 0.1) is 0 Å². The molecule has 0 bridgehead atoms. The maximum absolute atomic E-state index is 10.8. The number of allylic oxidation sites excluding steroid dienone is 2. The molecule has 1 aliphatic heterocycles. The van der Waals surface area contributed by atoms with Crippen molar-refractivity contribution in [2.24, 2.45) is 5.73 Å². The second kappa shape index (κ2) is 5.06. The summed E-state index contributed by atoms with van der Waals surface area (Å²) in [5, 5.41) is 2.42. The maximum Gasteiger partial charge on any atom is 0.309 e. The number of carbonyl (C=O) groups excluding carboxylic acids is 2. The van der Waals surface area contributed by atoms with Gasteiger partial charge in [0.1, 0.15) is 0 Å². The number of rotatable bonds is 5. The Morgan fingerprint density at radius 1 is 1.71 bits per heavy atom. The van der Waals surface area contributed by atoms with Gasteiger partial charge in [-0.15, -0.1) is 0 Å². The van der Waals surface area contributed by atoms with Crippen LogP contribution in [0.3, 0.4) is 0 Å². The van der Waals surface area contributed by atoms with E-state index in [-0.39, 0.29) is 0 Å². The van der Waals surface area contributed by atoms with E-state index in [9.17, 15) is 9.59 Å². The maximum atomic E-state index is 10.8. The number of hydrogen-bond donors (Lipinski definition) is 2. The Balaban J connectivity index is 2.38. The topological polar surface area (TPSA) is 75.4 Å². The van der Waals surface area contributed by atoms with Crippen LogP contribution < -0.4 is 11.1 Å². The highest BCUT2D eigenvalue weighted by Gasteiger charge is 2.10. The summed E-state index contributed by atoms with van der Waals surface area (Å²) >= 11 is 0. The number of hydrogen-bond acceptors (Lipinski definition) is 3. The fourth-order valence-electron chi connectivity index (χ4n) is 1.17. The molecule has 2 amide bonds. The third kappa shape index (κ3) is 2.93. The fraction of sp³-hybridized carbons (Fsp3) is 0.333. The summed E-state index contributed by atoms with van der Waals surface area (Å²) in [6.45, 7) is 1.63. The highest BCUT2D eigenvalue weighted by atomic mass is 16.1. The second-order valence-corrected chi connectivity index (χ2v) is 2.90. The summed E-state index contributed by atoms with van der Waals surface area (Å²) in [5.41, 5.74) is 5.71. The van der Waals surface area contributed by atoms with Crippen LogP contribution in [-0.2, 0) is 9.59 Å². The van der Waals surface area contributed by atoms with Crippen molar-refractivity contribution < 1.29 is 9.59 Å². The van der Waals surface area contributed by atoms with Gasteiger partial charge in [0, 0.05) is 25.2 Å². The van der Waals surface area contributed by atoms with E-state index in [4.69, 9.17) is 5.73 Å². The van der Waals surface area contributed by atoms with Gasteiger partial charge in [-0.05, 0) is 12.3 Å². The zero-order valence-electron chi connectivity index (χ0n) is 7.69. The van der Waals surface area contributed by atoms with Gasteiger partial charge >= 0.3 is 6.41 Å². The molecule has 1 heterocycles. The Morgan fingerprint density at radius 3 is 3.14 bits per heavy atom. The molecule has 0 spiro atoms. The second-order valence-electron chi connectivity index (χ2n) is 2.90. The lowest BCUT2D eigenvalue weighted by atomic mass is 10.2. The first-order chi connectivity index (χ1) is 6.74. The number of nitrogens with one attached hydrogen (secondary N) is 1. The van der Waals surface area contributed by atoms with E-state index >= 15 is 0 Å². The molecule has 0 unspecified atom stereocenters. The van der Waals surface area contributed by atoms with E-state index in [2.05, 4.69) is 5.32 Å². The molecule has 5 nitrogen and oxygen atoms in total. The zero-order chi connectivity index (χ0) is 10.4. The lowest BCUT2D eigenvalue weighted by molar-refractivity contribution is -0.114. The molecule has 0 atom stereocenters. The molecule has 3 N–H and O–H groups in total. The molecule has 0 aromatic heterocycles. The third-order valence-electron chi connectivity index (χ3n) is 1.88. The Hall–Kier alpha value is -1.78. The summed E-state index contributed by atoms with van der Waals surface area (Å²) < 4.78 is 0. The highest BCUT2D eigenvalue weighted by molar-refractivity contribution is 5.92. The van der Waals surface area contributed by atoms with Crippen molar-refractivity contribution >= 4 is 12.3 Å². The quantitative estimate of drug-likeness (QED) is 0.430. The SMILES string of the molecule is NC(=O)C1=CC=CN(CCN[C]=O)C1. The molecular weight excluding hydrogens is 182 g/mol. The van der Waals surface area contributed by atoms with E-state index in [1.807, 2.05) is 11.1 Å². The average Bonchev–Trinajstić information content (AvgIpc) is 2.19. The summed E-state index contributed by atoms with van der Waals surface area (Å²) in [5.74, 6) is -0.408. The normalized spacial score (nSPS) is 14.9. The minimum absolute atomic E-state index is 0.408.